The van der Waals surface area contributed by atoms with Crippen molar-refractivity contribution < 1.29 is 28.7 Å². The molecule has 0 radical (unpaired) electrons. The molecule has 2 rings (SSSR count). The summed E-state index contributed by atoms with van der Waals surface area (Å²) < 4.78 is 11.1. The first-order valence-corrected chi connectivity index (χ1v) is 10.7. The molecule has 3 N–H and O–H groups in total. The Hall–Kier alpha value is -4.22. The van der Waals surface area contributed by atoms with Crippen LogP contribution in [0.4, 0.5) is 5.82 Å². The van der Waals surface area contributed by atoms with Crippen LogP contribution in [0.15, 0.2) is 39.9 Å². The van der Waals surface area contributed by atoms with Crippen LogP contribution in [0.25, 0.3) is 0 Å². The van der Waals surface area contributed by atoms with Gasteiger partial charge in [-0.1, -0.05) is 44.2 Å². The Balaban J connectivity index is 2.47. The highest BCUT2D eigenvalue weighted by Crippen LogP contribution is 2.11. The molecular formula is C23H28N4O8. The molecule has 2 aromatic rings. The predicted molar refractivity (Wildman–Crippen MR) is 125 cm³/mol. The lowest BCUT2D eigenvalue weighted by molar-refractivity contribution is -0.147. The summed E-state index contributed by atoms with van der Waals surface area (Å²) in [7, 11) is 1.08. The van der Waals surface area contributed by atoms with E-state index in [4.69, 9.17) is 10.5 Å². The smallest absolute Gasteiger partial charge is 0.333 e. The molecule has 1 aromatic carbocycles. The zero-order valence-corrected chi connectivity index (χ0v) is 19.9. The predicted octanol–water partition coefficient (Wildman–Crippen LogP) is -0.300. The van der Waals surface area contributed by atoms with Crippen molar-refractivity contribution in [3.05, 3.63) is 62.3 Å². The van der Waals surface area contributed by atoms with Gasteiger partial charge in [0, 0.05) is 6.92 Å². The number of hydrogen-bond acceptors (Lipinski definition) is 9. The number of carbonyl (C=O) groups is 4. The Morgan fingerprint density at radius 1 is 1.06 bits per heavy atom. The van der Waals surface area contributed by atoms with Crippen LogP contribution in [-0.4, -0.2) is 52.5 Å². The Morgan fingerprint density at radius 2 is 1.69 bits per heavy atom. The van der Waals surface area contributed by atoms with E-state index < -0.39 is 65.5 Å². The quantitative estimate of drug-likeness (QED) is 0.337. The van der Waals surface area contributed by atoms with E-state index in [0.717, 1.165) is 11.7 Å². The van der Waals surface area contributed by atoms with Crippen LogP contribution in [0.1, 0.15) is 36.7 Å². The van der Waals surface area contributed by atoms with Crippen molar-refractivity contribution >= 4 is 29.4 Å². The fraction of sp³-hybridized carbons (Fsp3) is 0.391. The van der Waals surface area contributed by atoms with Gasteiger partial charge in [0.1, 0.15) is 24.0 Å². The van der Waals surface area contributed by atoms with Gasteiger partial charge in [0.25, 0.3) is 5.56 Å². The number of nitrogen functional groups attached to an aromatic ring is 1. The summed E-state index contributed by atoms with van der Waals surface area (Å²) in [4.78, 5) is 74.5. The molecular weight excluding hydrogens is 460 g/mol. The Bertz CT molecular complexity index is 1230. The number of benzene rings is 1. The molecule has 0 aliphatic carbocycles. The number of aromatic nitrogens is 2. The average Bonchev–Trinajstić information content (AvgIpc) is 2.81. The second kappa shape index (κ2) is 11.8. The largest absolute Gasteiger partial charge is 0.468 e. The maximum Gasteiger partial charge on any atom is 0.333 e. The fourth-order valence-electron chi connectivity index (χ4n) is 3.24. The molecule has 0 unspecified atom stereocenters. The topological polar surface area (TPSA) is 169 Å². The molecule has 12 heteroatoms. The number of nitrogens with one attached hydrogen (secondary N) is 1. The summed E-state index contributed by atoms with van der Waals surface area (Å²) in [5.41, 5.74) is 4.06. The highest BCUT2D eigenvalue weighted by Gasteiger charge is 2.28. The van der Waals surface area contributed by atoms with Gasteiger partial charge in [0.15, 0.2) is 6.61 Å². The third kappa shape index (κ3) is 6.65. The third-order valence-electron chi connectivity index (χ3n) is 5.07. The number of esters is 2. The highest BCUT2D eigenvalue weighted by atomic mass is 16.5. The molecule has 1 heterocycles. The number of carbonyl (C=O) groups excluding carboxylic acids is 4. The lowest BCUT2D eigenvalue weighted by Crippen LogP contribution is -2.47. The van der Waals surface area contributed by atoms with Crippen LogP contribution in [0.5, 0.6) is 0 Å². The molecule has 0 saturated carbocycles. The third-order valence-corrected chi connectivity index (χ3v) is 5.07. The van der Waals surface area contributed by atoms with E-state index in [0.29, 0.717) is 10.1 Å². The minimum absolute atomic E-state index is 0.0923. The van der Waals surface area contributed by atoms with Gasteiger partial charge in [-0.3, -0.25) is 23.7 Å². The lowest BCUT2D eigenvalue weighted by atomic mass is 10.0. The van der Waals surface area contributed by atoms with Crippen LogP contribution in [0.3, 0.4) is 0 Å². The Labute approximate surface area is 200 Å². The number of ketones is 1. The van der Waals surface area contributed by atoms with Gasteiger partial charge >= 0.3 is 17.6 Å². The first-order valence-electron chi connectivity index (χ1n) is 10.7. The molecule has 188 valence electrons. The SMILES string of the molecule is COC(=O)Cn1c(=O)c(C(=O)COC(=O)[C@H](NC(C)=O)C(C)C)c(N)n(Cc2ccccc2)c1=O. The lowest BCUT2D eigenvalue weighted by Gasteiger charge is -2.20. The first-order chi connectivity index (χ1) is 16.5. The molecule has 1 atom stereocenters. The number of anilines is 1. The van der Waals surface area contributed by atoms with Crippen molar-refractivity contribution in [1.82, 2.24) is 14.5 Å². The minimum atomic E-state index is -1.12. The van der Waals surface area contributed by atoms with Gasteiger partial charge < -0.3 is 20.5 Å². The van der Waals surface area contributed by atoms with E-state index in [9.17, 15) is 28.8 Å². The molecule has 0 spiro atoms. The van der Waals surface area contributed by atoms with Gasteiger partial charge in [-0.2, -0.15) is 0 Å². The van der Waals surface area contributed by atoms with E-state index in [-0.39, 0.29) is 12.5 Å². The molecule has 12 nitrogen and oxygen atoms in total. The zero-order chi connectivity index (χ0) is 26.3. The number of ether oxygens (including phenoxy) is 2. The second-order valence-corrected chi connectivity index (χ2v) is 8.04. The number of hydrogen-bond donors (Lipinski definition) is 2. The van der Waals surface area contributed by atoms with Crippen LogP contribution in [0.2, 0.25) is 0 Å². The summed E-state index contributed by atoms with van der Waals surface area (Å²) in [5.74, 6) is -3.99. The van der Waals surface area contributed by atoms with Gasteiger partial charge in [0.05, 0.1) is 13.7 Å². The van der Waals surface area contributed by atoms with Gasteiger partial charge in [-0.05, 0) is 11.5 Å². The molecule has 0 bridgehead atoms. The van der Waals surface area contributed by atoms with Gasteiger partial charge in [0.2, 0.25) is 11.7 Å². The first kappa shape index (κ1) is 27.0. The van der Waals surface area contributed by atoms with E-state index in [2.05, 4.69) is 10.1 Å². The number of nitrogens with zero attached hydrogens (tertiary/aromatic N) is 2. The van der Waals surface area contributed by atoms with Gasteiger partial charge in [-0.25, -0.2) is 14.2 Å². The number of amides is 1. The molecule has 0 saturated heterocycles. The maximum absolute atomic E-state index is 13.0. The van der Waals surface area contributed by atoms with E-state index in [1.54, 1.807) is 44.2 Å². The molecule has 35 heavy (non-hydrogen) atoms. The average molecular weight is 488 g/mol. The van der Waals surface area contributed by atoms with E-state index in [1.165, 1.54) is 6.92 Å². The highest BCUT2D eigenvalue weighted by molar-refractivity contribution is 6.01. The normalized spacial score (nSPS) is 11.6. The molecule has 1 aromatic heterocycles. The zero-order valence-electron chi connectivity index (χ0n) is 19.9. The van der Waals surface area contributed by atoms with Crippen molar-refractivity contribution in [3.8, 4) is 0 Å². The summed E-state index contributed by atoms with van der Waals surface area (Å²) in [6.07, 6.45) is 0. The fourth-order valence-corrected chi connectivity index (χ4v) is 3.24. The van der Waals surface area contributed by atoms with Crippen molar-refractivity contribution in [2.75, 3.05) is 19.5 Å². The van der Waals surface area contributed by atoms with E-state index in [1.807, 2.05) is 0 Å². The number of methoxy groups -OCH3 is 1. The summed E-state index contributed by atoms with van der Waals surface area (Å²) >= 11 is 0. The number of nitrogens with two attached hydrogens (primary N) is 1. The van der Waals surface area contributed by atoms with Crippen molar-refractivity contribution in [2.24, 2.45) is 5.92 Å². The van der Waals surface area contributed by atoms with Crippen molar-refractivity contribution in [2.45, 2.75) is 39.9 Å². The maximum atomic E-state index is 13.0. The molecule has 1 amide bonds. The summed E-state index contributed by atoms with van der Waals surface area (Å²) in [6.45, 7) is 2.86. The second-order valence-electron chi connectivity index (χ2n) is 8.04. The summed E-state index contributed by atoms with van der Waals surface area (Å²) in [6, 6.07) is 7.63. The van der Waals surface area contributed by atoms with Crippen LogP contribution in [-0.2, 0) is 36.9 Å². The van der Waals surface area contributed by atoms with Crippen LogP contribution < -0.4 is 22.3 Å². The Morgan fingerprint density at radius 3 is 2.23 bits per heavy atom. The van der Waals surface area contributed by atoms with Crippen molar-refractivity contribution in [1.29, 1.82) is 0 Å². The minimum Gasteiger partial charge on any atom is -0.468 e. The van der Waals surface area contributed by atoms with E-state index >= 15 is 0 Å². The molecule has 0 aliphatic rings. The molecule has 0 fully saturated rings. The standard InChI is InChI=1S/C23H28N4O8/c1-13(2)19(25-14(3)28)22(32)35-12-16(29)18-20(24)26(10-15-8-6-5-7-9-15)23(33)27(21(18)31)11-17(30)34-4/h5-9,13,19H,10-12,24H2,1-4H3,(H,25,28)/t19-/m1/s1. The summed E-state index contributed by atoms with van der Waals surface area (Å²) in [5, 5.41) is 2.43. The number of Topliss-reactive ketones (excluding diaryl/α,β-unsaturated/α-hetero) is 1. The van der Waals surface area contributed by atoms with Crippen LogP contribution >= 0.6 is 0 Å². The van der Waals surface area contributed by atoms with Crippen LogP contribution in [0, 0.1) is 5.92 Å². The number of rotatable bonds is 10. The van der Waals surface area contributed by atoms with Gasteiger partial charge in [-0.15, -0.1) is 0 Å². The Kier molecular flexibility index (Phi) is 9.09. The monoisotopic (exact) mass is 488 g/mol. The molecule has 0 aliphatic heterocycles. The van der Waals surface area contributed by atoms with Crippen molar-refractivity contribution in [3.63, 3.8) is 0 Å².